The fourth-order valence-electron chi connectivity index (χ4n) is 3.96. The topological polar surface area (TPSA) is 107 Å². The molecule has 3 aromatic rings. The van der Waals surface area contributed by atoms with Crippen LogP contribution in [-0.4, -0.2) is 45.1 Å². The highest BCUT2D eigenvalue weighted by Crippen LogP contribution is 2.32. The highest BCUT2D eigenvalue weighted by atomic mass is 16.5. The van der Waals surface area contributed by atoms with Gasteiger partial charge in [0.15, 0.2) is 5.65 Å². The highest BCUT2D eigenvalue weighted by molar-refractivity contribution is 5.65. The molecule has 0 bridgehead atoms. The van der Waals surface area contributed by atoms with Crippen LogP contribution in [0.1, 0.15) is 44.6 Å². The first-order valence-electron chi connectivity index (χ1n) is 11.1. The second-order valence-electron chi connectivity index (χ2n) is 7.91. The lowest BCUT2D eigenvalue weighted by Gasteiger charge is -2.27. The normalized spacial score (nSPS) is 18.8. The summed E-state index contributed by atoms with van der Waals surface area (Å²) in [6.45, 7) is 2.69. The molecule has 4 rings (SSSR count). The van der Waals surface area contributed by atoms with Gasteiger partial charge >= 0.3 is 0 Å². The molecule has 1 aliphatic carbocycles. The molecule has 1 aliphatic rings. The number of aromatic nitrogens is 3. The van der Waals surface area contributed by atoms with Gasteiger partial charge in [0.25, 0.3) is 0 Å². The second-order valence-corrected chi connectivity index (χ2v) is 7.91. The number of rotatable bonds is 9. The van der Waals surface area contributed by atoms with E-state index >= 15 is 0 Å². The molecule has 0 atom stereocenters. The Labute approximate surface area is 182 Å². The molecule has 0 aliphatic heterocycles. The maximum Gasteiger partial charge on any atom is 0.222 e. The van der Waals surface area contributed by atoms with Gasteiger partial charge in [-0.1, -0.05) is 0 Å². The van der Waals surface area contributed by atoms with Crippen molar-refractivity contribution >= 4 is 17.2 Å². The Morgan fingerprint density at radius 3 is 2.65 bits per heavy atom. The van der Waals surface area contributed by atoms with Gasteiger partial charge in [-0.15, -0.1) is 0 Å². The van der Waals surface area contributed by atoms with E-state index in [9.17, 15) is 5.11 Å². The molecule has 4 N–H and O–H groups in total. The minimum absolute atomic E-state index is 0.0946. The molecule has 0 unspecified atom stereocenters. The van der Waals surface area contributed by atoms with Crippen LogP contribution < -0.4 is 20.5 Å². The molecule has 2 heterocycles. The lowest BCUT2D eigenvalue weighted by atomic mass is 9.94. The number of benzene rings is 1. The summed E-state index contributed by atoms with van der Waals surface area (Å²) in [6, 6.07) is 9.94. The largest absolute Gasteiger partial charge is 0.494 e. The number of fused-ring (bicyclic) bond motifs is 1. The van der Waals surface area contributed by atoms with Gasteiger partial charge in [-0.3, -0.25) is 0 Å². The molecular weight excluding hydrogens is 394 g/mol. The van der Waals surface area contributed by atoms with Crippen LogP contribution in [0.4, 0.5) is 11.5 Å². The van der Waals surface area contributed by atoms with E-state index in [0.29, 0.717) is 31.0 Å². The molecular formula is C23H31N5O3. The number of nitrogens with one attached hydrogen (secondary N) is 1. The summed E-state index contributed by atoms with van der Waals surface area (Å²) in [5.41, 5.74) is 8.59. The van der Waals surface area contributed by atoms with Gasteiger partial charge < -0.3 is 25.6 Å². The zero-order valence-corrected chi connectivity index (χ0v) is 18.0. The maximum absolute atomic E-state index is 9.47. The Morgan fingerprint density at radius 1 is 1.16 bits per heavy atom. The minimum atomic E-state index is 0.0946. The number of aliphatic hydroxyl groups excluding tert-OH is 1. The molecule has 0 spiro atoms. The number of hydrogen-bond acceptors (Lipinski definition) is 7. The first-order valence-corrected chi connectivity index (χ1v) is 11.1. The van der Waals surface area contributed by atoms with Crippen LogP contribution in [0, 0.1) is 0 Å². The number of ether oxygens (including phenoxy) is 2. The number of aliphatic hydroxyl groups is 1. The van der Waals surface area contributed by atoms with E-state index in [0.717, 1.165) is 48.5 Å². The van der Waals surface area contributed by atoms with Gasteiger partial charge in [0.05, 0.1) is 18.4 Å². The summed E-state index contributed by atoms with van der Waals surface area (Å²) in [4.78, 5) is 4.75. The van der Waals surface area contributed by atoms with Crippen molar-refractivity contribution in [2.75, 3.05) is 18.5 Å². The summed E-state index contributed by atoms with van der Waals surface area (Å²) < 4.78 is 13.7. The number of nitrogens with two attached hydrogens (primary N) is 1. The quantitative estimate of drug-likeness (QED) is 0.482. The summed E-state index contributed by atoms with van der Waals surface area (Å²) in [5.74, 6) is 2.23. The van der Waals surface area contributed by atoms with E-state index in [1.807, 2.05) is 37.3 Å². The monoisotopic (exact) mass is 425 g/mol. The zero-order valence-electron chi connectivity index (χ0n) is 18.0. The van der Waals surface area contributed by atoms with Crippen LogP contribution in [-0.2, 0) is 6.42 Å². The number of nitrogens with zero attached hydrogens (tertiary/aromatic N) is 3. The van der Waals surface area contributed by atoms with Crippen molar-refractivity contribution in [2.24, 2.45) is 5.73 Å². The maximum atomic E-state index is 9.47. The molecule has 2 aromatic heterocycles. The van der Waals surface area contributed by atoms with E-state index in [1.165, 1.54) is 0 Å². The van der Waals surface area contributed by atoms with Crippen LogP contribution in [0.15, 0.2) is 36.5 Å². The van der Waals surface area contributed by atoms with Gasteiger partial charge in [0.2, 0.25) is 5.88 Å². The average Bonchev–Trinajstić information content (AvgIpc) is 3.25. The molecule has 1 aromatic carbocycles. The summed E-state index contributed by atoms with van der Waals surface area (Å²) in [5, 5.41) is 17.4. The standard InChI is InChI=1S/C23H31N5O3/c1-2-30-18-11-7-17(8-12-18)26-22-20(4-3-15-29)23(27-21-13-14-25-28(21)22)31-19-9-5-16(24)6-10-19/h7-8,11-14,16,19,26,29H,2-6,9-10,15,24H2,1H3/t16-,19-. The molecule has 166 valence electrons. The summed E-state index contributed by atoms with van der Waals surface area (Å²) in [7, 11) is 0. The van der Waals surface area contributed by atoms with Crippen molar-refractivity contribution in [3.8, 4) is 11.6 Å². The molecule has 1 saturated carbocycles. The Morgan fingerprint density at radius 2 is 1.94 bits per heavy atom. The first-order chi connectivity index (χ1) is 15.2. The van der Waals surface area contributed by atoms with Gasteiger partial charge in [0.1, 0.15) is 17.7 Å². The van der Waals surface area contributed by atoms with Crippen LogP contribution in [0.5, 0.6) is 11.6 Å². The zero-order chi connectivity index (χ0) is 21.6. The predicted octanol–water partition coefficient (Wildman–Crippen LogP) is 3.45. The average molecular weight is 426 g/mol. The first kappa shape index (κ1) is 21.4. The third-order valence-corrected chi connectivity index (χ3v) is 5.60. The number of anilines is 2. The summed E-state index contributed by atoms with van der Waals surface area (Å²) in [6.07, 6.45) is 6.83. The van der Waals surface area contributed by atoms with Gasteiger partial charge in [-0.05, 0) is 69.7 Å². The predicted molar refractivity (Wildman–Crippen MR) is 120 cm³/mol. The summed E-state index contributed by atoms with van der Waals surface area (Å²) >= 11 is 0. The van der Waals surface area contributed by atoms with Crippen molar-refractivity contribution in [1.82, 2.24) is 14.6 Å². The third-order valence-electron chi connectivity index (χ3n) is 5.60. The lowest BCUT2D eigenvalue weighted by molar-refractivity contribution is 0.140. The number of hydrogen-bond donors (Lipinski definition) is 3. The Hall–Kier alpha value is -2.84. The SMILES string of the molecule is CCOc1ccc(Nc2c(CCCO)c(O[C@H]3CC[C@H](N)CC3)nc3ccnn23)cc1. The fourth-order valence-corrected chi connectivity index (χ4v) is 3.96. The van der Waals surface area contributed by atoms with Crippen molar-refractivity contribution in [3.05, 3.63) is 42.1 Å². The van der Waals surface area contributed by atoms with Crippen molar-refractivity contribution in [2.45, 2.75) is 57.6 Å². The van der Waals surface area contributed by atoms with Gasteiger partial charge in [0, 0.05) is 24.4 Å². The Kier molecular flexibility index (Phi) is 6.89. The molecule has 8 nitrogen and oxygen atoms in total. The van der Waals surface area contributed by atoms with Crippen LogP contribution >= 0.6 is 0 Å². The lowest BCUT2D eigenvalue weighted by Crippen LogP contribution is -2.32. The Balaban J connectivity index is 1.68. The molecule has 0 saturated heterocycles. The molecule has 0 amide bonds. The molecule has 8 heteroatoms. The van der Waals surface area contributed by atoms with E-state index in [-0.39, 0.29) is 18.8 Å². The molecule has 31 heavy (non-hydrogen) atoms. The molecule has 0 radical (unpaired) electrons. The second kappa shape index (κ2) is 9.98. The van der Waals surface area contributed by atoms with E-state index in [4.69, 9.17) is 20.2 Å². The minimum Gasteiger partial charge on any atom is -0.494 e. The van der Waals surface area contributed by atoms with Gasteiger partial charge in [-0.25, -0.2) is 0 Å². The van der Waals surface area contributed by atoms with Crippen LogP contribution in [0.3, 0.4) is 0 Å². The van der Waals surface area contributed by atoms with Crippen molar-refractivity contribution in [1.29, 1.82) is 0 Å². The Bertz CT molecular complexity index is 981. The fraction of sp³-hybridized carbons (Fsp3) is 0.478. The third kappa shape index (κ3) is 5.08. The van der Waals surface area contributed by atoms with Gasteiger partial charge in [-0.2, -0.15) is 14.6 Å². The van der Waals surface area contributed by atoms with Crippen LogP contribution in [0.2, 0.25) is 0 Å². The van der Waals surface area contributed by atoms with Crippen molar-refractivity contribution < 1.29 is 14.6 Å². The van der Waals surface area contributed by atoms with Crippen LogP contribution in [0.25, 0.3) is 5.65 Å². The van der Waals surface area contributed by atoms with Crippen molar-refractivity contribution in [3.63, 3.8) is 0 Å². The molecule has 1 fully saturated rings. The van der Waals surface area contributed by atoms with E-state index < -0.39 is 0 Å². The van der Waals surface area contributed by atoms with E-state index in [2.05, 4.69) is 10.4 Å². The smallest absolute Gasteiger partial charge is 0.222 e. The highest BCUT2D eigenvalue weighted by Gasteiger charge is 2.24. The van der Waals surface area contributed by atoms with E-state index in [1.54, 1.807) is 10.7 Å².